The minimum absolute atomic E-state index is 0.0741. The van der Waals surface area contributed by atoms with Crippen molar-refractivity contribution in [2.24, 2.45) is 0 Å². The predicted octanol–water partition coefficient (Wildman–Crippen LogP) is 2.63. The fraction of sp³-hybridized carbons (Fsp3) is 0.294. The van der Waals surface area contributed by atoms with E-state index in [-0.39, 0.29) is 11.9 Å². The molecule has 118 valence electrons. The predicted molar refractivity (Wildman–Crippen MR) is 91.7 cm³/mol. The molecular weight excluding hydrogens is 308 g/mol. The number of fused-ring (bicyclic) bond motifs is 1. The zero-order valence-corrected chi connectivity index (χ0v) is 13.7. The molecule has 3 heterocycles. The molecule has 1 saturated heterocycles. The van der Waals surface area contributed by atoms with E-state index >= 15 is 0 Å². The van der Waals surface area contributed by atoms with E-state index in [4.69, 9.17) is 0 Å². The highest BCUT2D eigenvalue weighted by Crippen LogP contribution is 2.24. The maximum Gasteiger partial charge on any atom is 0.244 e. The van der Waals surface area contributed by atoms with Gasteiger partial charge in [-0.1, -0.05) is 18.2 Å². The molecule has 5 nitrogen and oxygen atoms in total. The van der Waals surface area contributed by atoms with Crippen molar-refractivity contribution in [3.8, 4) is 0 Å². The Hall–Kier alpha value is -2.18. The summed E-state index contributed by atoms with van der Waals surface area (Å²) >= 11 is 1.62. The maximum atomic E-state index is 12.7. The van der Waals surface area contributed by atoms with Crippen molar-refractivity contribution in [3.63, 3.8) is 0 Å². The van der Waals surface area contributed by atoms with Gasteiger partial charge in [0.05, 0.1) is 11.7 Å². The Kier molecular flexibility index (Phi) is 3.63. The first kappa shape index (κ1) is 14.4. The summed E-state index contributed by atoms with van der Waals surface area (Å²) in [5.74, 6) is 0.180. The molecule has 0 radical (unpaired) electrons. The van der Waals surface area contributed by atoms with Crippen LogP contribution in [-0.2, 0) is 11.3 Å². The molecule has 1 atom stereocenters. The third-order valence-corrected chi connectivity index (χ3v) is 5.10. The molecule has 1 aromatic carbocycles. The quantitative estimate of drug-likeness (QED) is 0.740. The average molecular weight is 326 g/mol. The lowest BCUT2D eigenvalue weighted by atomic mass is 10.2. The van der Waals surface area contributed by atoms with Crippen LogP contribution in [0.15, 0.2) is 48.1 Å². The van der Waals surface area contributed by atoms with Gasteiger partial charge in [-0.3, -0.25) is 14.1 Å². The third-order valence-electron chi connectivity index (χ3n) is 4.33. The van der Waals surface area contributed by atoms with Crippen molar-refractivity contribution >= 4 is 27.9 Å². The number of carbonyl (C=O) groups is 1. The molecule has 23 heavy (non-hydrogen) atoms. The standard InChI is InChI=1S/C17H18N4OS/c1-19(11-13-12-20-9-10-23-17(20)18-13)15-7-8-21(16(15)22)14-5-3-2-4-6-14/h2-6,9-10,12,15H,7-8,11H2,1H3/t15-/m1/s1. The molecule has 0 saturated carbocycles. The van der Waals surface area contributed by atoms with Crippen LogP contribution in [0.2, 0.25) is 0 Å². The summed E-state index contributed by atoms with van der Waals surface area (Å²) in [7, 11) is 2.00. The van der Waals surface area contributed by atoms with Crippen molar-refractivity contribution in [1.29, 1.82) is 0 Å². The highest BCUT2D eigenvalue weighted by molar-refractivity contribution is 7.15. The van der Waals surface area contributed by atoms with E-state index < -0.39 is 0 Å². The zero-order chi connectivity index (χ0) is 15.8. The van der Waals surface area contributed by atoms with Gasteiger partial charge in [0.1, 0.15) is 0 Å². The topological polar surface area (TPSA) is 40.9 Å². The van der Waals surface area contributed by atoms with Gasteiger partial charge in [-0.25, -0.2) is 4.98 Å². The number of hydrogen-bond acceptors (Lipinski definition) is 4. The van der Waals surface area contributed by atoms with Gasteiger partial charge in [-0.2, -0.15) is 0 Å². The number of aromatic nitrogens is 2. The average Bonchev–Trinajstić information content (AvgIpc) is 3.22. The Bertz CT molecular complexity index is 797. The fourth-order valence-electron chi connectivity index (χ4n) is 3.16. The van der Waals surface area contributed by atoms with Crippen LogP contribution >= 0.6 is 11.3 Å². The van der Waals surface area contributed by atoms with Gasteiger partial charge < -0.3 is 4.90 Å². The summed E-state index contributed by atoms with van der Waals surface area (Å²) in [5.41, 5.74) is 1.99. The largest absolute Gasteiger partial charge is 0.311 e. The number of benzene rings is 1. The Morgan fingerprint density at radius 3 is 2.96 bits per heavy atom. The van der Waals surface area contributed by atoms with Crippen LogP contribution in [0.1, 0.15) is 12.1 Å². The molecule has 0 unspecified atom stereocenters. The lowest BCUT2D eigenvalue weighted by Crippen LogP contribution is -2.39. The van der Waals surface area contributed by atoms with Gasteiger partial charge >= 0.3 is 0 Å². The molecule has 1 aliphatic heterocycles. The molecular formula is C17H18N4OS. The molecule has 0 bridgehead atoms. The van der Waals surface area contributed by atoms with E-state index in [1.807, 2.05) is 64.5 Å². The number of amides is 1. The molecule has 0 N–H and O–H groups in total. The Balaban J connectivity index is 1.47. The van der Waals surface area contributed by atoms with Crippen molar-refractivity contribution in [2.75, 3.05) is 18.5 Å². The lowest BCUT2D eigenvalue weighted by Gasteiger charge is -2.23. The first-order chi connectivity index (χ1) is 11.2. The molecule has 4 rings (SSSR count). The number of carbonyl (C=O) groups excluding carboxylic acids is 1. The number of thiazole rings is 1. The van der Waals surface area contributed by atoms with Crippen LogP contribution in [0.4, 0.5) is 5.69 Å². The summed E-state index contributed by atoms with van der Waals surface area (Å²) in [6.45, 7) is 1.46. The van der Waals surface area contributed by atoms with E-state index in [9.17, 15) is 4.79 Å². The summed E-state index contributed by atoms with van der Waals surface area (Å²) in [6.07, 6.45) is 4.90. The normalized spacial score (nSPS) is 18.4. The lowest BCUT2D eigenvalue weighted by molar-refractivity contribution is -0.121. The molecule has 0 spiro atoms. The number of likely N-dealkylation sites (N-methyl/N-ethyl adjacent to an activating group) is 1. The minimum Gasteiger partial charge on any atom is -0.311 e. The smallest absolute Gasteiger partial charge is 0.244 e. The highest BCUT2D eigenvalue weighted by Gasteiger charge is 2.35. The second kappa shape index (κ2) is 5.79. The van der Waals surface area contributed by atoms with E-state index in [1.54, 1.807) is 11.3 Å². The van der Waals surface area contributed by atoms with E-state index in [1.165, 1.54) is 0 Å². The van der Waals surface area contributed by atoms with Gasteiger partial charge in [0, 0.05) is 36.6 Å². The summed E-state index contributed by atoms with van der Waals surface area (Å²) in [5, 5.41) is 2.02. The summed E-state index contributed by atoms with van der Waals surface area (Å²) < 4.78 is 2.03. The van der Waals surface area contributed by atoms with Crippen LogP contribution < -0.4 is 4.90 Å². The number of para-hydroxylation sites is 1. The van der Waals surface area contributed by atoms with Crippen LogP contribution in [0.5, 0.6) is 0 Å². The number of imidazole rings is 1. The van der Waals surface area contributed by atoms with Crippen LogP contribution in [0.25, 0.3) is 4.96 Å². The Labute approximate surface area is 138 Å². The van der Waals surface area contributed by atoms with E-state index in [0.29, 0.717) is 6.54 Å². The molecule has 2 aromatic heterocycles. The first-order valence-electron chi connectivity index (χ1n) is 7.70. The number of anilines is 1. The second-order valence-corrected chi connectivity index (χ2v) is 6.74. The van der Waals surface area contributed by atoms with Crippen molar-refractivity contribution in [3.05, 3.63) is 53.8 Å². The third kappa shape index (κ3) is 2.64. The van der Waals surface area contributed by atoms with Gasteiger partial charge in [-0.15, -0.1) is 11.3 Å². The molecule has 1 fully saturated rings. The Morgan fingerprint density at radius 1 is 1.35 bits per heavy atom. The SMILES string of the molecule is CN(Cc1cn2ccsc2n1)[C@@H]1CCN(c2ccccc2)C1=O. The molecule has 1 amide bonds. The number of nitrogens with zero attached hydrogens (tertiary/aromatic N) is 4. The van der Waals surface area contributed by atoms with E-state index in [2.05, 4.69) is 9.88 Å². The van der Waals surface area contributed by atoms with Gasteiger partial charge in [-0.05, 0) is 25.6 Å². The fourth-order valence-corrected chi connectivity index (χ4v) is 3.88. The van der Waals surface area contributed by atoms with Gasteiger partial charge in [0.2, 0.25) is 5.91 Å². The molecule has 3 aromatic rings. The second-order valence-electron chi connectivity index (χ2n) is 5.87. The molecule has 0 aliphatic carbocycles. The van der Waals surface area contributed by atoms with Crippen molar-refractivity contribution in [1.82, 2.24) is 14.3 Å². The van der Waals surface area contributed by atoms with E-state index in [0.717, 1.165) is 29.3 Å². The van der Waals surface area contributed by atoms with Crippen LogP contribution in [-0.4, -0.2) is 39.8 Å². The summed E-state index contributed by atoms with van der Waals surface area (Å²) in [4.78, 5) is 22.3. The minimum atomic E-state index is -0.0741. The Morgan fingerprint density at radius 2 is 2.17 bits per heavy atom. The van der Waals surface area contributed by atoms with Crippen molar-refractivity contribution < 1.29 is 4.79 Å². The molecule has 6 heteroatoms. The van der Waals surface area contributed by atoms with Crippen LogP contribution in [0, 0.1) is 0 Å². The monoisotopic (exact) mass is 326 g/mol. The number of rotatable bonds is 4. The van der Waals surface area contributed by atoms with Gasteiger partial charge in [0.15, 0.2) is 4.96 Å². The summed E-state index contributed by atoms with van der Waals surface area (Å²) in [6, 6.07) is 9.82. The zero-order valence-electron chi connectivity index (χ0n) is 12.9. The molecule has 1 aliphatic rings. The maximum absolute atomic E-state index is 12.7. The first-order valence-corrected chi connectivity index (χ1v) is 8.58. The van der Waals surface area contributed by atoms with Gasteiger partial charge in [0.25, 0.3) is 0 Å². The van der Waals surface area contributed by atoms with Crippen molar-refractivity contribution in [2.45, 2.75) is 19.0 Å². The van der Waals surface area contributed by atoms with Crippen LogP contribution in [0.3, 0.4) is 0 Å². The number of hydrogen-bond donors (Lipinski definition) is 0. The highest BCUT2D eigenvalue weighted by atomic mass is 32.1.